The molecule has 0 bridgehead atoms. The molecule has 98 valence electrons. The van der Waals surface area contributed by atoms with Crippen LogP contribution in [0, 0.1) is 6.92 Å². The van der Waals surface area contributed by atoms with Gasteiger partial charge in [-0.05, 0) is 31.0 Å². The largest absolute Gasteiger partial charge is 0.326 e. The number of benzene rings is 2. The Morgan fingerprint density at radius 3 is 2.26 bits per heavy atom. The van der Waals surface area contributed by atoms with Gasteiger partial charge in [0, 0.05) is 5.69 Å². The number of rotatable bonds is 4. The molecule has 0 saturated heterocycles. The molecular weight excluding hydrogens is 234 g/mol. The molecule has 0 radical (unpaired) electrons. The van der Waals surface area contributed by atoms with Crippen LogP contribution < -0.4 is 5.32 Å². The molecule has 0 aliphatic carbocycles. The lowest BCUT2D eigenvalue weighted by Gasteiger charge is -2.15. The van der Waals surface area contributed by atoms with Gasteiger partial charge in [0.25, 0.3) is 0 Å². The molecule has 0 saturated carbocycles. The maximum absolute atomic E-state index is 12.3. The summed E-state index contributed by atoms with van der Waals surface area (Å²) in [5, 5.41) is 2.98. The zero-order valence-corrected chi connectivity index (χ0v) is 11.4. The number of carbonyl (C=O) groups is 1. The predicted octanol–water partition coefficient (Wildman–Crippen LogP) is 4.13. The lowest BCUT2D eigenvalue weighted by Crippen LogP contribution is -2.20. The molecule has 0 aliphatic rings. The Hall–Kier alpha value is -2.09. The van der Waals surface area contributed by atoms with Crippen molar-refractivity contribution in [2.45, 2.75) is 26.2 Å². The minimum Gasteiger partial charge on any atom is -0.326 e. The summed E-state index contributed by atoms with van der Waals surface area (Å²) in [4.78, 5) is 12.3. The summed E-state index contributed by atoms with van der Waals surface area (Å²) in [5.41, 5.74) is 3.10. The second-order valence-corrected chi connectivity index (χ2v) is 4.73. The second kappa shape index (κ2) is 6.19. The minimum atomic E-state index is -0.0949. The smallest absolute Gasteiger partial charge is 0.231 e. The number of aryl methyl sites for hydroxylation is 1. The van der Waals surface area contributed by atoms with Gasteiger partial charge in [-0.1, -0.05) is 55.0 Å². The molecule has 2 nitrogen and oxygen atoms in total. The summed E-state index contributed by atoms with van der Waals surface area (Å²) in [5.74, 6) is -0.0416. The fourth-order valence-electron chi connectivity index (χ4n) is 2.12. The summed E-state index contributed by atoms with van der Waals surface area (Å²) in [6, 6.07) is 17.8. The van der Waals surface area contributed by atoms with E-state index in [1.54, 1.807) is 0 Å². The molecule has 0 heterocycles. The number of anilines is 1. The van der Waals surface area contributed by atoms with Gasteiger partial charge in [-0.3, -0.25) is 4.79 Å². The van der Waals surface area contributed by atoms with E-state index in [1.165, 1.54) is 5.56 Å². The third-order valence-electron chi connectivity index (χ3n) is 3.25. The van der Waals surface area contributed by atoms with Crippen LogP contribution in [0.3, 0.4) is 0 Å². The van der Waals surface area contributed by atoms with Crippen LogP contribution in [0.1, 0.15) is 30.4 Å². The molecule has 1 N–H and O–H groups in total. The standard InChI is InChI=1S/C17H19NO/c1-3-16(14-7-5-4-6-8-14)17(19)18-15-11-9-13(2)10-12-15/h4-12,16H,3H2,1-2H3,(H,18,19)/t16-/m0/s1. The van der Waals surface area contributed by atoms with Gasteiger partial charge in [-0.15, -0.1) is 0 Å². The maximum atomic E-state index is 12.3. The maximum Gasteiger partial charge on any atom is 0.231 e. The first kappa shape index (κ1) is 13.3. The Balaban J connectivity index is 2.11. The van der Waals surface area contributed by atoms with Gasteiger partial charge in [-0.2, -0.15) is 0 Å². The van der Waals surface area contributed by atoms with Gasteiger partial charge in [0.05, 0.1) is 5.92 Å². The molecule has 1 amide bonds. The highest BCUT2D eigenvalue weighted by Gasteiger charge is 2.18. The van der Waals surface area contributed by atoms with Crippen LogP contribution >= 0.6 is 0 Å². The van der Waals surface area contributed by atoms with E-state index in [9.17, 15) is 4.79 Å². The fraction of sp³-hybridized carbons (Fsp3) is 0.235. The van der Waals surface area contributed by atoms with Crippen molar-refractivity contribution in [3.05, 3.63) is 65.7 Å². The number of hydrogen-bond acceptors (Lipinski definition) is 1. The Morgan fingerprint density at radius 1 is 1.05 bits per heavy atom. The molecule has 0 aliphatic heterocycles. The fourth-order valence-corrected chi connectivity index (χ4v) is 2.12. The normalized spacial score (nSPS) is 11.9. The summed E-state index contributed by atoms with van der Waals surface area (Å²) in [6.45, 7) is 4.07. The SMILES string of the molecule is CC[C@H](C(=O)Nc1ccc(C)cc1)c1ccccc1. The van der Waals surface area contributed by atoms with Crippen molar-refractivity contribution < 1.29 is 4.79 Å². The molecule has 0 aromatic heterocycles. The van der Waals surface area contributed by atoms with Crippen molar-refractivity contribution >= 4 is 11.6 Å². The lowest BCUT2D eigenvalue weighted by molar-refractivity contribution is -0.117. The molecule has 1 atom stereocenters. The third kappa shape index (κ3) is 3.44. The van der Waals surface area contributed by atoms with Gasteiger partial charge >= 0.3 is 0 Å². The van der Waals surface area contributed by atoms with Gasteiger partial charge in [0.15, 0.2) is 0 Å². The summed E-state index contributed by atoms with van der Waals surface area (Å²) >= 11 is 0. The molecule has 2 rings (SSSR count). The van der Waals surface area contributed by atoms with Crippen LogP contribution in [0.25, 0.3) is 0 Å². The van der Waals surface area contributed by atoms with Crippen LogP contribution in [0.15, 0.2) is 54.6 Å². The van der Waals surface area contributed by atoms with Crippen molar-refractivity contribution in [3.8, 4) is 0 Å². The van der Waals surface area contributed by atoms with E-state index in [0.29, 0.717) is 0 Å². The van der Waals surface area contributed by atoms with Crippen molar-refractivity contribution in [3.63, 3.8) is 0 Å². The zero-order valence-electron chi connectivity index (χ0n) is 11.4. The molecule has 2 aromatic carbocycles. The van der Waals surface area contributed by atoms with E-state index in [-0.39, 0.29) is 11.8 Å². The highest BCUT2D eigenvalue weighted by molar-refractivity contribution is 5.95. The number of hydrogen-bond donors (Lipinski definition) is 1. The average molecular weight is 253 g/mol. The monoisotopic (exact) mass is 253 g/mol. The van der Waals surface area contributed by atoms with Crippen LogP contribution in [-0.2, 0) is 4.79 Å². The first-order valence-corrected chi connectivity index (χ1v) is 6.63. The Bertz CT molecular complexity index is 531. The van der Waals surface area contributed by atoms with Gasteiger partial charge in [0.1, 0.15) is 0 Å². The van der Waals surface area contributed by atoms with E-state index in [4.69, 9.17) is 0 Å². The first-order valence-electron chi connectivity index (χ1n) is 6.63. The summed E-state index contributed by atoms with van der Waals surface area (Å²) < 4.78 is 0. The lowest BCUT2D eigenvalue weighted by atomic mass is 9.95. The molecule has 0 fully saturated rings. The third-order valence-corrected chi connectivity index (χ3v) is 3.25. The predicted molar refractivity (Wildman–Crippen MR) is 79.3 cm³/mol. The van der Waals surface area contributed by atoms with E-state index >= 15 is 0 Å². The molecule has 0 unspecified atom stereocenters. The van der Waals surface area contributed by atoms with Crippen molar-refractivity contribution in [1.82, 2.24) is 0 Å². The van der Waals surface area contributed by atoms with Crippen molar-refractivity contribution in [2.75, 3.05) is 5.32 Å². The van der Waals surface area contributed by atoms with Crippen molar-refractivity contribution in [2.24, 2.45) is 0 Å². The van der Waals surface area contributed by atoms with Gasteiger partial charge in [-0.25, -0.2) is 0 Å². The van der Waals surface area contributed by atoms with E-state index in [1.807, 2.05) is 68.4 Å². The topological polar surface area (TPSA) is 29.1 Å². The summed E-state index contributed by atoms with van der Waals surface area (Å²) in [6.07, 6.45) is 0.793. The number of nitrogens with one attached hydrogen (secondary N) is 1. The van der Waals surface area contributed by atoms with Crippen LogP contribution in [0.4, 0.5) is 5.69 Å². The highest BCUT2D eigenvalue weighted by atomic mass is 16.1. The van der Waals surface area contributed by atoms with Crippen LogP contribution in [-0.4, -0.2) is 5.91 Å². The Morgan fingerprint density at radius 2 is 1.68 bits per heavy atom. The first-order chi connectivity index (χ1) is 9.20. The molecule has 19 heavy (non-hydrogen) atoms. The number of amides is 1. The Kier molecular flexibility index (Phi) is 4.35. The molecule has 2 aromatic rings. The number of carbonyl (C=O) groups excluding carboxylic acids is 1. The molecule has 0 spiro atoms. The minimum absolute atomic E-state index is 0.0533. The van der Waals surface area contributed by atoms with Crippen molar-refractivity contribution in [1.29, 1.82) is 0 Å². The summed E-state index contributed by atoms with van der Waals surface area (Å²) in [7, 11) is 0. The second-order valence-electron chi connectivity index (χ2n) is 4.73. The molecular formula is C17H19NO. The van der Waals surface area contributed by atoms with Crippen LogP contribution in [0.5, 0.6) is 0 Å². The Labute approximate surface area is 114 Å². The van der Waals surface area contributed by atoms with E-state index < -0.39 is 0 Å². The quantitative estimate of drug-likeness (QED) is 0.872. The van der Waals surface area contributed by atoms with Gasteiger partial charge < -0.3 is 5.32 Å². The average Bonchev–Trinajstić information content (AvgIpc) is 2.43. The highest BCUT2D eigenvalue weighted by Crippen LogP contribution is 2.21. The van der Waals surface area contributed by atoms with E-state index in [0.717, 1.165) is 17.7 Å². The van der Waals surface area contributed by atoms with Crippen LogP contribution in [0.2, 0.25) is 0 Å². The van der Waals surface area contributed by atoms with E-state index in [2.05, 4.69) is 5.32 Å². The zero-order chi connectivity index (χ0) is 13.7. The molecule has 2 heteroatoms. The van der Waals surface area contributed by atoms with Gasteiger partial charge in [0.2, 0.25) is 5.91 Å².